The first-order valence-corrected chi connectivity index (χ1v) is 7.65. The summed E-state index contributed by atoms with van der Waals surface area (Å²) in [6.45, 7) is 1.89. The number of hydrogen-bond acceptors (Lipinski definition) is 3. The van der Waals surface area contributed by atoms with E-state index in [9.17, 15) is 9.59 Å². The minimum atomic E-state index is -0.761. The van der Waals surface area contributed by atoms with Gasteiger partial charge >= 0.3 is 5.97 Å². The Morgan fingerprint density at radius 2 is 2.00 bits per heavy atom. The van der Waals surface area contributed by atoms with Gasteiger partial charge in [0.05, 0.1) is 13.0 Å². The number of carboxylic acids is 1. The molecule has 2 N–H and O–H groups in total. The largest absolute Gasteiger partial charge is 0.497 e. The van der Waals surface area contributed by atoms with E-state index in [2.05, 4.69) is 5.32 Å². The molecule has 120 valence electrons. The highest BCUT2D eigenvalue weighted by Crippen LogP contribution is 2.26. The molecule has 0 radical (unpaired) electrons. The van der Waals surface area contributed by atoms with E-state index in [4.69, 9.17) is 9.84 Å². The lowest BCUT2D eigenvalue weighted by Gasteiger charge is -2.17. The maximum atomic E-state index is 12.2. The standard InChI is InChI=1S/C17H23NO4/c1-11(9-12-3-7-15(22-2)8-4-12)16(19)18-14-6-5-13(10-14)17(20)21/h3-4,7-8,11,13-14H,5-6,9-10H2,1-2H3,(H,18,19)(H,20,21)/t11?,13-,14+/m1/s1. The first kappa shape index (κ1) is 16.3. The van der Waals surface area contributed by atoms with Gasteiger partial charge in [0.15, 0.2) is 0 Å². The molecule has 22 heavy (non-hydrogen) atoms. The van der Waals surface area contributed by atoms with Gasteiger partial charge in [-0.05, 0) is 43.4 Å². The molecule has 2 rings (SSSR count). The third-order valence-electron chi connectivity index (χ3n) is 4.28. The van der Waals surface area contributed by atoms with Crippen LogP contribution in [-0.2, 0) is 16.0 Å². The molecule has 1 amide bonds. The molecule has 1 aliphatic rings. The Kier molecular flexibility index (Phi) is 5.41. The van der Waals surface area contributed by atoms with Crippen LogP contribution in [0.25, 0.3) is 0 Å². The average molecular weight is 305 g/mol. The van der Waals surface area contributed by atoms with Gasteiger partial charge in [0, 0.05) is 12.0 Å². The third kappa shape index (κ3) is 4.23. The van der Waals surface area contributed by atoms with Crippen LogP contribution in [0.5, 0.6) is 5.75 Å². The summed E-state index contributed by atoms with van der Waals surface area (Å²) in [5.74, 6) is -0.430. The Bertz CT molecular complexity index is 526. The molecule has 1 saturated carbocycles. The second-order valence-corrected chi connectivity index (χ2v) is 6.01. The van der Waals surface area contributed by atoms with Crippen LogP contribution in [0.1, 0.15) is 31.7 Å². The molecule has 0 saturated heterocycles. The monoisotopic (exact) mass is 305 g/mol. The highest BCUT2D eigenvalue weighted by atomic mass is 16.5. The topological polar surface area (TPSA) is 75.6 Å². The Morgan fingerprint density at radius 1 is 1.32 bits per heavy atom. The molecule has 1 aliphatic carbocycles. The zero-order chi connectivity index (χ0) is 16.1. The van der Waals surface area contributed by atoms with Gasteiger partial charge < -0.3 is 15.2 Å². The summed E-state index contributed by atoms with van der Waals surface area (Å²) in [6.07, 6.45) is 2.59. The normalized spacial score (nSPS) is 22.1. The molecular weight excluding hydrogens is 282 g/mol. The first-order chi connectivity index (χ1) is 10.5. The number of nitrogens with one attached hydrogen (secondary N) is 1. The number of aliphatic carboxylic acids is 1. The Balaban J connectivity index is 1.83. The minimum absolute atomic E-state index is 0.00748. The molecule has 5 nitrogen and oxygen atoms in total. The van der Waals surface area contributed by atoms with Gasteiger partial charge in [-0.15, -0.1) is 0 Å². The fraction of sp³-hybridized carbons (Fsp3) is 0.529. The smallest absolute Gasteiger partial charge is 0.306 e. The van der Waals surface area contributed by atoms with Crippen LogP contribution in [0, 0.1) is 11.8 Å². The Hall–Kier alpha value is -2.04. The van der Waals surface area contributed by atoms with Gasteiger partial charge in [-0.25, -0.2) is 0 Å². The van der Waals surface area contributed by atoms with E-state index in [0.29, 0.717) is 19.3 Å². The van der Waals surface area contributed by atoms with Gasteiger partial charge in [-0.2, -0.15) is 0 Å². The Labute approximate surface area is 130 Å². The molecular formula is C17H23NO4. The predicted molar refractivity (Wildman–Crippen MR) is 82.8 cm³/mol. The maximum Gasteiger partial charge on any atom is 0.306 e. The van der Waals surface area contributed by atoms with Crippen molar-refractivity contribution in [3.05, 3.63) is 29.8 Å². The van der Waals surface area contributed by atoms with E-state index in [1.807, 2.05) is 31.2 Å². The zero-order valence-corrected chi connectivity index (χ0v) is 13.0. The van der Waals surface area contributed by atoms with Crippen molar-refractivity contribution in [1.82, 2.24) is 5.32 Å². The number of methoxy groups -OCH3 is 1. The van der Waals surface area contributed by atoms with E-state index in [1.165, 1.54) is 0 Å². The molecule has 1 aromatic carbocycles. The summed E-state index contributed by atoms with van der Waals surface area (Å²) in [6, 6.07) is 7.67. The SMILES string of the molecule is COc1ccc(CC(C)C(=O)N[C@H]2CC[C@@H](C(=O)O)C2)cc1. The molecule has 0 aliphatic heterocycles. The van der Waals surface area contributed by atoms with Crippen molar-refractivity contribution >= 4 is 11.9 Å². The molecule has 1 fully saturated rings. The van der Waals surface area contributed by atoms with Crippen molar-refractivity contribution in [2.24, 2.45) is 11.8 Å². The number of amides is 1. The summed E-state index contributed by atoms with van der Waals surface area (Å²) in [5.41, 5.74) is 1.08. The first-order valence-electron chi connectivity index (χ1n) is 7.65. The molecule has 1 unspecified atom stereocenters. The van der Waals surface area contributed by atoms with E-state index < -0.39 is 5.97 Å². The van der Waals surface area contributed by atoms with Crippen molar-refractivity contribution < 1.29 is 19.4 Å². The molecule has 5 heteroatoms. The number of carbonyl (C=O) groups excluding carboxylic acids is 1. The molecule has 0 spiro atoms. The number of ether oxygens (including phenoxy) is 1. The van der Waals surface area contributed by atoms with Crippen molar-refractivity contribution in [3.8, 4) is 5.75 Å². The van der Waals surface area contributed by atoms with Crippen molar-refractivity contribution in [3.63, 3.8) is 0 Å². The molecule has 1 aromatic rings. The molecule has 3 atom stereocenters. The molecule has 0 heterocycles. The summed E-state index contributed by atoms with van der Waals surface area (Å²) >= 11 is 0. The van der Waals surface area contributed by atoms with Crippen molar-refractivity contribution in [1.29, 1.82) is 0 Å². The Morgan fingerprint density at radius 3 is 2.55 bits per heavy atom. The van der Waals surface area contributed by atoms with Gasteiger partial charge in [-0.3, -0.25) is 9.59 Å². The van der Waals surface area contributed by atoms with E-state index in [1.54, 1.807) is 7.11 Å². The summed E-state index contributed by atoms with van der Waals surface area (Å²) in [7, 11) is 1.62. The van der Waals surface area contributed by atoms with Crippen LogP contribution in [0.15, 0.2) is 24.3 Å². The van der Waals surface area contributed by atoms with Crippen molar-refractivity contribution in [2.45, 2.75) is 38.6 Å². The van der Waals surface area contributed by atoms with Gasteiger partial charge in [0.25, 0.3) is 0 Å². The third-order valence-corrected chi connectivity index (χ3v) is 4.28. The van der Waals surface area contributed by atoms with E-state index in [-0.39, 0.29) is 23.8 Å². The lowest BCUT2D eigenvalue weighted by molar-refractivity contribution is -0.141. The van der Waals surface area contributed by atoms with E-state index >= 15 is 0 Å². The zero-order valence-electron chi connectivity index (χ0n) is 13.0. The van der Waals surface area contributed by atoms with E-state index in [0.717, 1.165) is 17.7 Å². The minimum Gasteiger partial charge on any atom is -0.497 e. The van der Waals surface area contributed by atoms with Gasteiger partial charge in [-0.1, -0.05) is 19.1 Å². The predicted octanol–water partition coefficient (Wildman–Crippen LogP) is 2.24. The lowest BCUT2D eigenvalue weighted by atomic mass is 9.99. The van der Waals surface area contributed by atoms with Crippen LogP contribution in [0.4, 0.5) is 0 Å². The van der Waals surface area contributed by atoms with Gasteiger partial charge in [0.1, 0.15) is 5.75 Å². The second kappa shape index (κ2) is 7.29. The number of rotatable bonds is 6. The highest BCUT2D eigenvalue weighted by molar-refractivity contribution is 5.79. The second-order valence-electron chi connectivity index (χ2n) is 6.01. The number of carboxylic acid groups (broad SMARTS) is 1. The summed E-state index contributed by atoms with van der Waals surface area (Å²) in [4.78, 5) is 23.2. The van der Waals surface area contributed by atoms with Crippen LogP contribution in [-0.4, -0.2) is 30.1 Å². The number of benzene rings is 1. The van der Waals surface area contributed by atoms with Crippen molar-refractivity contribution in [2.75, 3.05) is 7.11 Å². The van der Waals surface area contributed by atoms with Crippen LogP contribution in [0.2, 0.25) is 0 Å². The quantitative estimate of drug-likeness (QED) is 0.845. The number of carbonyl (C=O) groups is 2. The summed E-state index contributed by atoms with van der Waals surface area (Å²) in [5, 5.41) is 12.0. The van der Waals surface area contributed by atoms with Gasteiger partial charge in [0.2, 0.25) is 5.91 Å². The fourth-order valence-corrected chi connectivity index (χ4v) is 2.89. The van der Waals surface area contributed by atoms with Crippen LogP contribution >= 0.6 is 0 Å². The fourth-order valence-electron chi connectivity index (χ4n) is 2.89. The lowest BCUT2D eigenvalue weighted by Crippen LogP contribution is -2.37. The average Bonchev–Trinajstić information content (AvgIpc) is 2.96. The maximum absolute atomic E-state index is 12.2. The van der Waals surface area contributed by atoms with Crippen LogP contribution in [0.3, 0.4) is 0 Å². The highest BCUT2D eigenvalue weighted by Gasteiger charge is 2.31. The number of hydrogen-bond donors (Lipinski definition) is 2. The summed E-state index contributed by atoms with van der Waals surface area (Å²) < 4.78 is 5.11. The molecule has 0 aromatic heterocycles. The molecule has 0 bridgehead atoms. The van der Waals surface area contributed by atoms with Crippen LogP contribution < -0.4 is 10.1 Å².